The summed E-state index contributed by atoms with van der Waals surface area (Å²) in [5.41, 5.74) is 6.42. The standard InChI is InChI=1S/C28H25NO2/c1-18-23-16-24(19-9-10-19)25(26-8-5-15-29-26)17-27(23)31-28(18)20-11-13-22(14-12-20)30-21-6-3-2-4-7-21/h2-8,11-19,28-29H,9-10H2,1H3. The Morgan fingerprint density at radius 1 is 0.839 bits per heavy atom. The molecule has 2 aliphatic rings. The molecule has 1 saturated carbocycles. The predicted molar refractivity (Wildman–Crippen MR) is 123 cm³/mol. The fraction of sp³-hybridized carbons (Fsp3) is 0.214. The van der Waals surface area contributed by atoms with E-state index < -0.39 is 0 Å². The average molecular weight is 408 g/mol. The summed E-state index contributed by atoms with van der Waals surface area (Å²) in [6, 6.07) is 27.0. The van der Waals surface area contributed by atoms with Crippen molar-refractivity contribution in [3.63, 3.8) is 0 Å². The van der Waals surface area contributed by atoms with Crippen molar-refractivity contribution in [2.24, 2.45) is 0 Å². The van der Waals surface area contributed by atoms with E-state index in [0.717, 1.165) is 17.2 Å². The number of aromatic nitrogens is 1. The van der Waals surface area contributed by atoms with Gasteiger partial charge in [-0.1, -0.05) is 43.3 Å². The summed E-state index contributed by atoms with van der Waals surface area (Å²) in [6.07, 6.45) is 4.58. The lowest BCUT2D eigenvalue weighted by atomic mass is 9.89. The minimum Gasteiger partial charge on any atom is -0.485 e. The third-order valence-corrected chi connectivity index (χ3v) is 6.47. The average Bonchev–Trinajstić information content (AvgIpc) is 3.40. The molecule has 154 valence electrons. The molecule has 3 nitrogen and oxygen atoms in total. The van der Waals surface area contributed by atoms with Gasteiger partial charge in [0.15, 0.2) is 0 Å². The normalized spacial score (nSPS) is 19.6. The summed E-state index contributed by atoms with van der Waals surface area (Å²) >= 11 is 0. The molecular formula is C28H25NO2. The van der Waals surface area contributed by atoms with Crippen LogP contribution in [0.1, 0.15) is 54.4 Å². The number of rotatable bonds is 5. The molecule has 0 bridgehead atoms. The molecule has 2 heterocycles. The van der Waals surface area contributed by atoms with Crippen molar-refractivity contribution in [1.82, 2.24) is 4.98 Å². The molecule has 1 N–H and O–H groups in total. The van der Waals surface area contributed by atoms with Gasteiger partial charge in [-0.05, 0) is 72.4 Å². The van der Waals surface area contributed by atoms with E-state index >= 15 is 0 Å². The van der Waals surface area contributed by atoms with Crippen LogP contribution in [0.3, 0.4) is 0 Å². The van der Waals surface area contributed by atoms with E-state index in [4.69, 9.17) is 9.47 Å². The number of benzene rings is 3. The lowest BCUT2D eigenvalue weighted by molar-refractivity contribution is 0.216. The summed E-state index contributed by atoms with van der Waals surface area (Å²) in [6.45, 7) is 2.27. The van der Waals surface area contributed by atoms with Gasteiger partial charge in [-0.15, -0.1) is 0 Å². The van der Waals surface area contributed by atoms with Crippen molar-refractivity contribution in [2.45, 2.75) is 37.7 Å². The summed E-state index contributed by atoms with van der Waals surface area (Å²) in [5, 5.41) is 0. The number of aromatic amines is 1. The fourth-order valence-electron chi connectivity index (χ4n) is 4.64. The van der Waals surface area contributed by atoms with Crippen LogP contribution in [-0.4, -0.2) is 4.98 Å². The third kappa shape index (κ3) is 3.40. The van der Waals surface area contributed by atoms with Crippen molar-refractivity contribution < 1.29 is 9.47 Å². The zero-order valence-corrected chi connectivity index (χ0v) is 17.5. The Balaban J connectivity index is 1.28. The van der Waals surface area contributed by atoms with Crippen molar-refractivity contribution in [3.8, 4) is 28.5 Å². The van der Waals surface area contributed by atoms with Gasteiger partial charge in [0.1, 0.15) is 23.4 Å². The Morgan fingerprint density at radius 3 is 2.32 bits per heavy atom. The Labute approximate surface area is 182 Å². The SMILES string of the molecule is CC1c2cc(C3CC3)c(-c3ccc[nH]3)cc2OC1c1ccc(Oc2ccccc2)cc1. The van der Waals surface area contributed by atoms with Crippen molar-refractivity contribution in [1.29, 1.82) is 0 Å². The summed E-state index contributed by atoms with van der Waals surface area (Å²) < 4.78 is 12.4. The highest BCUT2D eigenvalue weighted by Crippen LogP contribution is 2.52. The smallest absolute Gasteiger partial charge is 0.130 e. The molecule has 1 fully saturated rings. The Hall–Kier alpha value is -3.46. The van der Waals surface area contributed by atoms with E-state index in [1.165, 1.54) is 40.8 Å². The zero-order valence-electron chi connectivity index (χ0n) is 17.5. The topological polar surface area (TPSA) is 34.2 Å². The monoisotopic (exact) mass is 407 g/mol. The van der Waals surface area contributed by atoms with Crippen molar-refractivity contribution in [2.75, 3.05) is 0 Å². The first-order valence-corrected chi connectivity index (χ1v) is 11.1. The molecule has 3 heteroatoms. The maximum Gasteiger partial charge on any atom is 0.130 e. The summed E-state index contributed by atoms with van der Waals surface area (Å²) in [5.74, 6) is 3.69. The number of hydrogen-bond donors (Lipinski definition) is 1. The molecular weight excluding hydrogens is 382 g/mol. The highest BCUT2D eigenvalue weighted by atomic mass is 16.5. The van der Waals surface area contributed by atoms with Gasteiger partial charge < -0.3 is 14.5 Å². The highest BCUT2D eigenvalue weighted by molar-refractivity contribution is 5.70. The van der Waals surface area contributed by atoms with Crippen LogP contribution in [-0.2, 0) is 0 Å². The van der Waals surface area contributed by atoms with E-state index in [0.29, 0.717) is 11.8 Å². The Kier molecular flexibility index (Phi) is 4.34. The molecule has 0 radical (unpaired) electrons. The minimum atomic E-state index is 0.0201. The van der Waals surface area contributed by atoms with E-state index in [2.05, 4.69) is 48.3 Å². The molecule has 31 heavy (non-hydrogen) atoms. The number of H-pyrrole nitrogens is 1. The molecule has 2 atom stereocenters. The largest absolute Gasteiger partial charge is 0.485 e. The maximum atomic E-state index is 6.50. The summed E-state index contributed by atoms with van der Waals surface area (Å²) in [4.78, 5) is 3.38. The van der Waals surface area contributed by atoms with Crippen LogP contribution in [0.4, 0.5) is 0 Å². The molecule has 4 aromatic rings. The first-order valence-electron chi connectivity index (χ1n) is 11.1. The molecule has 0 saturated heterocycles. The van der Waals surface area contributed by atoms with E-state index in [-0.39, 0.29) is 6.10 Å². The second kappa shape index (κ2) is 7.35. The van der Waals surface area contributed by atoms with E-state index in [1.54, 1.807) is 0 Å². The lowest BCUT2D eigenvalue weighted by Crippen LogP contribution is -2.07. The lowest BCUT2D eigenvalue weighted by Gasteiger charge is -2.16. The molecule has 0 amide bonds. The van der Waals surface area contributed by atoms with E-state index in [1.807, 2.05) is 48.7 Å². The zero-order chi connectivity index (χ0) is 20.8. The van der Waals surface area contributed by atoms with Crippen LogP contribution in [0.5, 0.6) is 17.2 Å². The molecule has 0 spiro atoms. The van der Waals surface area contributed by atoms with Gasteiger partial charge in [0.05, 0.1) is 0 Å². The first-order chi connectivity index (χ1) is 15.3. The van der Waals surface area contributed by atoms with Crippen LogP contribution < -0.4 is 9.47 Å². The van der Waals surface area contributed by atoms with Gasteiger partial charge in [-0.3, -0.25) is 0 Å². The second-order valence-electron chi connectivity index (χ2n) is 8.65. The van der Waals surface area contributed by atoms with Crippen LogP contribution >= 0.6 is 0 Å². The molecule has 1 aliphatic carbocycles. The number of hydrogen-bond acceptors (Lipinski definition) is 2. The van der Waals surface area contributed by atoms with Gasteiger partial charge in [0.25, 0.3) is 0 Å². The summed E-state index contributed by atoms with van der Waals surface area (Å²) in [7, 11) is 0. The quantitative estimate of drug-likeness (QED) is 0.370. The van der Waals surface area contributed by atoms with Crippen molar-refractivity contribution >= 4 is 0 Å². The molecule has 2 unspecified atom stereocenters. The number of ether oxygens (including phenoxy) is 2. The van der Waals surface area contributed by atoms with Crippen molar-refractivity contribution in [3.05, 3.63) is 102 Å². The van der Waals surface area contributed by atoms with Crippen LogP contribution in [0.15, 0.2) is 85.1 Å². The predicted octanol–water partition coefficient (Wildman–Crippen LogP) is 7.59. The second-order valence-corrected chi connectivity index (χ2v) is 8.65. The molecule has 1 aromatic heterocycles. The number of nitrogens with one attached hydrogen (secondary N) is 1. The Bertz CT molecular complexity index is 1190. The molecule has 1 aliphatic heterocycles. The fourth-order valence-corrected chi connectivity index (χ4v) is 4.64. The third-order valence-electron chi connectivity index (χ3n) is 6.47. The molecule has 6 rings (SSSR count). The van der Waals surface area contributed by atoms with Crippen LogP contribution in [0, 0.1) is 0 Å². The number of fused-ring (bicyclic) bond motifs is 1. The Morgan fingerprint density at radius 2 is 1.61 bits per heavy atom. The van der Waals surface area contributed by atoms with Gasteiger partial charge in [0, 0.05) is 28.9 Å². The van der Waals surface area contributed by atoms with Crippen LogP contribution in [0.2, 0.25) is 0 Å². The molecule has 3 aromatic carbocycles. The van der Waals surface area contributed by atoms with Gasteiger partial charge in [-0.2, -0.15) is 0 Å². The minimum absolute atomic E-state index is 0.0201. The van der Waals surface area contributed by atoms with E-state index in [9.17, 15) is 0 Å². The van der Waals surface area contributed by atoms with Gasteiger partial charge in [0.2, 0.25) is 0 Å². The number of para-hydroxylation sites is 1. The van der Waals surface area contributed by atoms with Crippen LogP contribution in [0.25, 0.3) is 11.3 Å². The van der Waals surface area contributed by atoms with Gasteiger partial charge in [-0.25, -0.2) is 0 Å². The maximum absolute atomic E-state index is 6.50. The highest BCUT2D eigenvalue weighted by Gasteiger charge is 2.36. The van der Waals surface area contributed by atoms with Gasteiger partial charge >= 0.3 is 0 Å². The first kappa shape index (κ1) is 18.3.